The molecule has 0 unspecified atom stereocenters. The van der Waals surface area contributed by atoms with Crippen molar-refractivity contribution in [2.75, 3.05) is 6.61 Å². The van der Waals surface area contributed by atoms with Crippen LogP contribution in [0, 0.1) is 0 Å². The van der Waals surface area contributed by atoms with Gasteiger partial charge >= 0.3 is 0 Å². The molecule has 2 aromatic carbocycles. The van der Waals surface area contributed by atoms with Crippen molar-refractivity contribution >= 4 is 46.2 Å². The van der Waals surface area contributed by atoms with E-state index in [9.17, 15) is 14.7 Å². The molecule has 0 bridgehead atoms. The van der Waals surface area contributed by atoms with Crippen molar-refractivity contribution in [3.63, 3.8) is 0 Å². The standard InChI is InChI=1S/C20H16N2O4S2/c1-2-10-26-16-8-6-13(7-9-16)11-17-19(25)22(20(27)28-17)21-18(24)14-4-3-5-15(23)12-14/h2-9,11-12,23H,1,10H2,(H,21,24)/b17-11-. The Morgan fingerprint density at radius 3 is 2.71 bits per heavy atom. The first-order chi connectivity index (χ1) is 13.5. The Kier molecular flexibility index (Phi) is 6.13. The Hall–Kier alpha value is -3.10. The molecule has 0 spiro atoms. The monoisotopic (exact) mass is 412 g/mol. The van der Waals surface area contributed by atoms with E-state index in [-0.39, 0.29) is 15.6 Å². The largest absolute Gasteiger partial charge is 0.508 e. The Balaban J connectivity index is 1.71. The molecule has 1 aliphatic rings. The number of rotatable bonds is 6. The summed E-state index contributed by atoms with van der Waals surface area (Å²) in [5.74, 6) is -0.311. The lowest BCUT2D eigenvalue weighted by Crippen LogP contribution is -2.44. The van der Waals surface area contributed by atoms with E-state index in [1.165, 1.54) is 24.3 Å². The zero-order valence-corrected chi connectivity index (χ0v) is 16.3. The highest BCUT2D eigenvalue weighted by molar-refractivity contribution is 8.26. The smallest absolute Gasteiger partial charge is 0.285 e. The molecule has 3 rings (SSSR count). The van der Waals surface area contributed by atoms with Gasteiger partial charge in [0.25, 0.3) is 11.8 Å². The van der Waals surface area contributed by atoms with Crippen LogP contribution in [0.1, 0.15) is 15.9 Å². The van der Waals surface area contributed by atoms with Gasteiger partial charge in [-0.25, -0.2) is 0 Å². The highest BCUT2D eigenvalue weighted by Gasteiger charge is 2.33. The summed E-state index contributed by atoms with van der Waals surface area (Å²) in [7, 11) is 0. The summed E-state index contributed by atoms with van der Waals surface area (Å²) in [6, 6.07) is 13.0. The number of phenols is 1. The number of phenolic OH excluding ortho intramolecular Hbond substituents is 1. The number of nitrogens with one attached hydrogen (secondary N) is 1. The van der Waals surface area contributed by atoms with Gasteiger partial charge in [-0.2, -0.15) is 5.01 Å². The number of carbonyl (C=O) groups is 2. The molecule has 0 saturated carbocycles. The Morgan fingerprint density at radius 1 is 1.29 bits per heavy atom. The number of amides is 2. The molecule has 0 radical (unpaired) electrons. The zero-order valence-electron chi connectivity index (χ0n) is 14.6. The fraction of sp³-hybridized carbons (Fsp3) is 0.0500. The minimum Gasteiger partial charge on any atom is -0.508 e. The molecule has 142 valence electrons. The molecule has 1 aliphatic heterocycles. The third-order valence-electron chi connectivity index (χ3n) is 3.66. The Morgan fingerprint density at radius 2 is 2.04 bits per heavy atom. The second-order valence-electron chi connectivity index (χ2n) is 5.68. The lowest BCUT2D eigenvalue weighted by Gasteiger charge is -2.15. The van der Waals surface area contributed by atoms with E-state index in [0.717, 1.165) is 22.3 Å². The summed E-state index contributed by atoms with van der Waals surface area (Å²) in [5.41, 5.74) is 3.48. The molecule has 1 saturated heterocycles. The first-order valence-electron chi connectivity index (χ1n) is 8.19. The molecule has 6 nitrogen and oxygen atoms in total. The SMILES string of the molecule is C=CCOc1ccc(/C=C2\SC(=S)N(NC(=O)c3cccc(O)c3)C2=O)cc1. The minimum atomic E-state index is -0.544. The molecule has 1 fully saturated rings. The van der Waals surface area contributed by atoms with Gasteiger partial charge in [0, 0.05) is 5.56 Å². The normalized spacial score (nSPS) is 15.0. The van der Waals surface area contributed by atoms with Crippen LogP contribution in [0.4, 0.5) is 0 Å². The van der Waals surface area contributed by atoms with Gasteiger partial charge in [0.15, 0.2) is 4.32 Å². The zero-order chi connectivity index (χ0) is 20.1. The summed E-state index contributed by atoms with van der Waals surface area (Å²) in [5, 5.41) is 10.5. The number of aromatic hydroxyl groups is 1. The van der Waals surface area contributed by atoms with Crippen molar-refractivity contribution in [2.24, 2.45) is 0 Å². The van der Waals surface area contributed by atoms with E-state index < -0.39 is 11.8 Å². The number of carbonyl (C=O) groups excluding carboxylic acids is 2. The second kappa shape index (κ2) is 8.73. The average Bonchev–Trinajstić information content (AvgIpc) is 2.95. The van der Waals surface area contributed by atoms with Crippen molar-refractivity contribution < 1.29 is 19.4 Å². The molecule has 0 aliphatic carbocycles. The van der Waals surface area contributed by atoms with Gasteiger partial charge in [0.2, 0.25) is 0 Å². The summed E-state index contributed by atoms with van der Waals surface area (Å²) in [6.45, 7) is 4.01. The number of benzene rings is 2. The summed E-state index contributed by atoms with van der Waals surface area (Å²) in [6.07, 6.45) is 3.35. The Labute approximate surface area is 171 Å². The van der Waals surface area contributed by atoms with E-state index >= 15 is 0 Å². The van der Waals surface area contributed by atoms with Gasteiger partial charge in [-0.1, -0.05) is 42.6 Å². The van der Waals surface area contributed by atoms with Crippen LogP contribution in [0.25, 0.3) is 6.08 Å². The molecule has 2 aromatic rings. The van der Waals surface area contributed by atoms with Crippen molar-refractivity contribution in [3.05, 3.63) is 77.2 Å². The molecule has 2 N–H and O–H groups in total. The van der Waals surface area contributed by atoms with Gasteiger partial charge in [-0.3, -0.25) is 15.0 Å². The van der Waals surface area contributed by atoms with Crippen molar-refractivity contribution in [3.8, 4) is 11.5 Å². The van der Waals surface area contributed by atoms with Gasteiger partial charge in [0.1, 0.15) is 18.1 Å². The topological polar surface area (TPSA) is 78.9 Å². The van der Waals surface area contributed by atoms with Crippen LogP contribution < -0.4 is 10.2 Å². The van der Waals surface area contributed by atoms with Crippen molar-refractivity contribution in [1.82, 2.24) is 10.4 Å². The maximum absolute atomic E-state index is 12.6. The van der Waals surface area contributed by atoms with E-state index in [1.54, 1.807) is 24.3 Å². The van der Waals surface area contributed by atoms with Crippen molar-refractivity contribution in [2.45, 2.75) is 0 Å². The molecule has 8 heteroatoms. The molecule has 0 aromatic heterocycles. The predicted octanol–water partition coefficient (Wildman–Crippen LogP) is 3.50. The molecular weight excluding hydrogens is 396 g/mol. The van der Waals surface area contributed by atoms with Crippen LogP contribution in [0.15, 0.2) is 66.1 Å². The highest BCUT2D eigenvalue weighted by atomic mass is 32.2. The van der Waals surface area contributed by atoms with E-state index in [1.807, 2.05) is 12.1 Å². The van der Waals surface area contributed by atoms with Crippen LogP contribution in [-0.4, -0.2) is 32.9 Å². The lowest BCUT2D eigenvalue weighted by atomic mass is 10.2. The first kappa shape index (κ1) is 19.7. The number of hydrazine groups is 1. The number of thiocarbonyl (C=S) groups is 1. The quantitative estimate of drug-likeness (QED) is 0.430. The molecular formula is C20H16N2O4S2. The van der Waals surface area contributed by atoms with Gasteiger partial charge in [-0.15, -0.1) is 0 Å². The number of ether oxygens (including phenoxy) is 1. The van der Waals surface area contributed by atoms with Gasteiger partial charge in [-0.05, 0) is 54.2 Å². The third-order valence-corrected chi connectivity index (χ3v) is 4.96. The maximum Gasteiger partial charge on any atom is 0.285 e. The summed E-state index contributed by atoms with van der Waals surface area (Å²) >= 11 is 6.30. The minimum absolute atomic E-state index is 0.0431. The third kappa shape index (κ3) is 4.59. The first-order valence-corrected chi connectivity index (χ1v) is 9.42. The number of thioether (sulfide) groups is 1. The number of hydrogen-bond donors (Lipinski definition) is 2. The summed E-state index contributed by atoms with van der Waals surface area (Å²) < 4.78 is 5.64. The fourth-order valence-corrected chi connectivity index (χ4v) is 3.52. The van der Waals surface area contributed by atoms with E-state index in [4.69, 9.17) is 17.0 Å². The molecule has 0 atom stereocenters. The Bertz CT molecular complexity index is 970. The highest BCUT2D eigenvalue weighted by Crippen LogP contribution is 2.31. The van der Waals surface area contributed by atoms with Crippen LogP contribution in [0.3, 0.4) is 0 Å². The number of nitrogens with zero attached hydrogens (tertiary/aromatic N) is 1. The van der Waals surface area contributed by atoms with Gasteiger partial charge in [0.05, 0.1) is 4.91 Å². The molecule has 1 heterocycles. The van der Waals surface area contributed by atoms with Gasteiger partial charge < -0.3 is 9.84 Å². The second-order valence-corrected chi connectivity index (χ2v) is 7.35. The number of hydrogen-bond acceptors (Lipinski definition) is 6. The van der Waals surface area contributed by atoms with Crippen LogP contribution >= 0.6 is 24.0 Å². The molecule has 28 heavy (non-hydrogen) atoms. The fourth-order valence-electron chi connectivity index (χ4n) is 2.34. The van der Waals surface area contributed by atoms with Crippen molar-refractivity contribution in [1.29, 1.82) is 0 Å². The van der Waals surface area contributed by atoms with E-state index in [0.29, 0.717) is 17.3 Å². The predicted molar refractivity (Wildman–Crippen MR) is 113 cm³/mol. The lowest BCUT2D eigenvalue weighted by molar-refractivity contribution is -0.123. The maximum atomic E-state index is 12.6. The molecule has 2 amide bonds. The van der Waals surface area contributed by atoms with E-state index in [2.05, 4.69) is 12.0 Å². The van der Waals surface area contributed by atoms with Crippen LogP contribution in [0.5, 0.6) is 11.5 Å². The average molecular weight is 412 g/mol. The van der Waals surface area contributed by atoms with Crippen LogP contribution in [-0.2, 0) is 4.79 Å². The summed E-state index contributed by atoms with van der Waals surface area (Å²) in [4.78, 5) is 25.3. The van der Waals surface area contributed by atoms with Crippen LogP contribution in [0.2, 0.25) is 0 Å².